The highest BCUT2D eigenvalue weighted by Crippen LogP contribution is 2.43. The highest BCUT2D eigenvalue weighted by molar-refractivity contribution is 6.35. The number of nitrogens with zero attached hydrogens (tertiary/aromatic N) is 4. The summed E-state index contributed by atoms with van der Waals surface area (Å²) in [7, 11) is 5.77. The Morgan fingerprint density at radius 3 is 1.40 bits per heavy atom. The van der Waals surface area contributed by atoms with Crippen LogP contribution in [-0.2, 0) is 51.0 Å². The molecule has 4 aromatic rings. The van der Waals surface area contributed by atoms with E-state index in [1.165, 1.54) is 50.6 Å². The lowest BCUT2D eigenvalue weighted by Gasteiger charge is -2.29. The number of hydrogen-bond donors (Lipinski definition) is 3. The van der Waals surface area contributed by atoms with Crippen LogP contribution in [0, 0.1) is 24.0 Å². The number of carbonyl (C=O) groups is 8. The summed E-state index contributed by atoms with van der Waals surface area (Å²) in [6.07, 6.45) is 8.90. The molecule has 8 rings (SSSR count). The molecule has 19 heteroatoms. The number of carboxylic acids is 1. The third-order valence-electron chi connectivity index (χ3n) is 14.2. The SMILES string of the molecule is COCCC1(C(=O)O)CCCC1.[C-]#[N+]c1ccc2c(c1)C(=O)N(c1ccc(CC(N)C(=O)OC)cc1)C2=O.[C-]#[N+]c1ccc2c(c1)C(=O)N(c1ccc(CC(NC(=O)C3(CCOC)CCCC3)C(=O)OC)cc1)C2=O. The largest absolute Gasteiger partial charge is 0.481 e. The highest BCUT2D eigenvalue weighted by Gasteiger charge is 2.43. The van der Waals surface area contributed by atoms with Crippen molar-refractivity contribution in [3.8, 4) is 0 Å². The molecule has 0 aromatic heterocycles. The number of hydrogen-bond acceptors (Lipinski definition) is 13. The molecule has 4 N–H and O–H groups in total. The second-order valence-electron chi connectivity index (χ2n) is 18.8. The summed E-state index contributed by atoms with van der Waals surface area (Å²) in [5, 5.41) is 11.9. The molecule has 4 aliphatic rings. The van der Waals surface area contributed by atoms with E-state index >= 15 is 0 Å². The molecule has 2 atom stereocenters. The van der Waals surface area contributed by atoms with Gasteiger partial charge in [0.2, 0.25) is 5.91 Å². The highest BCUT2D eigenvalue weighted by atomic mass is 16.5. The quantitative estimate of drug-likeness (QED) is 0.0524. The first kappa shape index (κ1) is 56.2. The Labute approximate surface area is 434 Å². The van der Waals surface area contributed by atoms with Gasteiger partial charge in [-0.1, -0.05) is 74.2 Å². The van der Waals surface area contributed by atoms with Gasteiger partial charge in [-0.3, -0.25) is 33.6 Å². The number of nitrogens with two attached hydrogens (primary N) is 1. The lowest BCUT2D eigenvalue weighted by Crippen LogP contribution is -2.49. The molecule has 2 aliphatic carbocycles. The van der Waals surface area contributed by atoms with Crippen LogP contribution in [0.3, 0.4) is 0 Å². The first-order chi connectivity index (χ1) is 36.0. The van der Waals surface area contributed by atoms with Gasteiger partial charge in [0.15, 0.2) is 11.4 Å². The smallest absolute Gasteiger partial charge is 0.328 e. The van der Waals surface area contributed by atoms with Crippen molar-refractivity contribution in [2.45, 2.75) is 89.1 Å². The summed E-state index contributed by atoms with van der Waals surface area (Å²) in [5.41, 5.74) is 8.55. The summed E-state index contributed by atoms with van der Waals surface area (Å²) >= 11 is 0. The van der Waals surface area contributed by atoms with Crippen molar-refractivity contribution < 1.29 is 62.4 Å². The van der Waals surface area contributed by atoms with Gasteiger partial charge in [-0.2, -0.15) is 0 Å². The number of fused-ring (bicyclic) bond motifs is 2. The molecule has 2 unspecified atom stereocenters. The number of ether oxygens (including phenoxy) is 4. The number of carbonyl (C=O) groups excluding carboxylic acids is 7. The fourth-order valence-corrected chi connectivity index (χ4v) is 9.86. The molecular weight excluding hydrogens is 965 g/mol. The molecule has 0 bridgehead atoms. The number of carboxylic acid groups (broad SMARTS) is 1. The van der Waals surface area contributed by atoms with E-state index in [2.05, 4.69) is 19.7 Å². The lowest BCUT2D eigenvalue weighted by atomic mass is 9.81. The van der Waals surface area contributed by atoms with E-state index in [1.54, 1.807) is 62.8 Å². The van der Waals surface area contributed by atoms with Gasteiger partial charge in [-0.05, 0) is 92.5 Å². The second kappa shape index (κ2) is 25.2. The zero-order valence-electron chi connectivity index (χ0n) is 42.3. The maximum Gasteiger partial charge on any atom is 0.328 e. The van der Waals surface area contributed by atoms with Gasteiger partial charge < -0.3 is 35.1 Å². The molecule has 0 saturated heterocycles. The number of methoxy groups -OCH3 is 4. The summed E-state index contributed by atoms with van der Waals surface area (Å²) in [4.78, 5) is 108. The Bertz CT molecular complexity index is 2890. The molecule has 2 heterocycles. The Balaban J connectivity index is 0.000000207. The fraction of sp³-hybridized carbons (Fsp3) is 0.393. The average molecular weight is 1030 g/mol. The topological polar surface area (TPSA) is 247 Å². The van der Waals surface area contributed by atoms with Crippen LogP contribution in [0.2, 0.25) is 0 Å². The number of esters is 2. The van der Waals surface area contributed by atoms with Gasteiger partial charge in [0.05, 0.1) is 60.7 Å². The van der Waals surface area contributed by atoms with Gasteiger partial charge in [-0.15, -0.1) is 0 Å². The van der Waals surface area contributed by atoms with Crippen molar-refractivity contribution >= 4 is 70.2 Å². The molecule has 0 spiro atoms. The van der Waals surface area contributed by atoms with Crippen LogP contribution in [0.15, 0.2) is 84.9 Å². The Hall–Kier alpha value is -8.10. The standard InChI is InChI=1S/C28H29N3O6.C19H15N3O4.C9H16O3/c1-29-19-8-11-21-22(17-19)25(33)31(24(21)32)20-9-6-18(7-10-20)16-23(26(34)37-3)30-27(35)28(14-15-36-2)12-4-5-13-28;1-21-12-5-8-14-15(10-12)18(24)22(17(14)23)13-6-3-11(4-7-13)9-16(20)19(25)26-2;1-12-7-6-9(8(10)11)4-2-3-5-9/h6-11,17,23H,4-5,12-16H2,2-3H3,(H,30,35);3-8,10,16H,9,20H2,2H3;2-7H2,1H3,(H,10,11). The number of benzene rings is 4. The van der Waals surface area contributed by atoms with Crippen LogP contribution >= 0.6 is 0 Å². The van der Waals surface area contributed by atoms with Crippen molar-refractivity contribution in [1.82, 2.24) is 5.32 Å². The molecule has 0 radical (unpaired) electrons. The zero-order valence-corrected chi connectivity index (χ0v) is 42.3. The minimum absolute atomic E-state index is 0.168. The Kier molecular flexibility index (Phi) is 18.9. The van der Waals surface area contributed by atoms with E-state index in [1.807, 2.05) is 0 Å². The normalized spacial score (nSPS) is 16.5. The van der Waals surface area contributed by atoms with Crippen molar-refractivity contribution in [3.05, 3.63) is 141 Å². The van der Waals surface area contributed by atoms with Crippen LogP contribution in [0.25, 0.3) is 9.69 Å². The van der Waals surface area contributed by atoms with Gasteiger partial charge in [0.25, 0.3) is 23.6 Å². The minimum Gasteiger partial charge on any atom is -0.481 e. The van der Waals surface area contributed by atoms with E-state index in [0.29, 0.717) is 43.1 Å². The molecule has 19 nitrogen and oxygen atoms in total. The third kappa shape index (κ3) is 12.6. The summed E-state index contributed by atoms with van der Waals surface area (Å²) < 4.78 is 19.7. The molecule has 2 aliphatic heterocycles. The van der Waals surface area contributed by atoms with Crippen molar-refractivity contribution in [1.29, 1.82) is 0 Å². The fourth-order valence-electron chi connectivity index (χ4n) is 9.86. The molecule has 392 valence electrons. The van der Waals surface area contributed by atoms with E-state index in [-0.39, 0.29) is 46.7 Å². The first-order valence-electron chi connectivity index (χ1n) is 24.4. The summed E-state index contributed by atoms with van der Waals surface area (Å²) in [5.74, 6) is -3.71. The first-order valence-corrected chi connectivity index (χ1v) is 24.4. The summed E-state index contributed by atoms with van der Waals surface area (Å²) in [6, 6.07) is 20.5. The van der Waals surface area contributed by atoms with Crippen LogP contribution in [-0.4, -0.2) is 106 Å². The molecule has 4 aromatic carbocycles. The maximum absolute atomic E-state index is 13.3. The number of rotatable bonds is 17. The molecule has 5 amide bonds. The molecule has 2 fully saturated rings. The number of anilines is 2. The van der Waals surface area contributed by atoms with Crippen molar-refractivity contribution in [2.75, 3.05) is 51.5 Å². The van der Waals surface area contributed by atoms with Crippen molar-refractivity contribution in [3.63, 3.8) is 0 Å². The molecular formula is C56H60N6O13. The number of nitrogens with one attached hydrogen (secondary N) is 1. The number of imide groups is 2. The van der Waals surface area contributed by atoms with Crippen LogP contribution in [0.4, 0.5) is 22.7 Å². The Morgan fingerprint density at radius 1 is 0.600 bits per heavy atom. The average Bonchev–Trinajstić information content (AvgIpc) is 4.23. The van der Waals surface area contributed by atoms with E-state index in [0.717, 1.165) is 72.3 Å². The Morgan fingerprint density at radius 2 is 1.00 bits per heavy atom. The minimum atomic E-state index is -0.880. The van der Waals surface area contributed by atoms with Crippen LogP contribution in [0.1, 0.15) is 117 Å². The van der Waals surface area contributed by atoms with Gasteiger partial charge in [0, 0.05) is 45.0 Å². The van der Waals surface area contributed by atoms with Gasteiger partial charge >= 0.3 is 17.9 Å². The van der Waals surface area contributed by atoms with Crippen molar-refractivity contribution in [2.24, 2.45) is 16.6 Å². The molecule has 2 saturated carbocycles. The summed E-state index contributed by atoms with van der Waals surface area (Å²) in [6.45, 7) is 15.2. The third-order valence-corrected chi connectivity index (χ3v) is 14.2. The predicted octanol–water partition coefficient (Wildman–Crippen LogP) is 7.58. The number of amides is 5. The van der Waals surface area contributed by atoms with E-state index in [4.69, 9.17) is 38.2 Å². The number of aliphatic carboxylic acids is 1. The van der Waals surface area contributed by atoms with Gasteiger partial charge in [-0.25, -0.2) is 24.3 Å². The van der Waals surface area contributed by atoms with Gasteiger partial charge in [0.1, 0.15) is 12.1 Å². The monoisotopic (exact) mass is 1020 g/mol. The van der Waals surface area contributed by atoms with E-state index < -0.39 is 64.5 Å². The lowest BCUT2D eigenvalue weighted by molar-refractivity contribution is -0.149. The zero-order chi connectivity index (χ0) is 54.5. The predicted molar refractivity (Wildman–Crippen MR) is 274 cm³/mol. The van der Waals surface area contributed by atoms with E-state index in [9.17, 15) is 38.4 Å². The molecule has 75 heavy (non-hydrogen) atoms. The van der Waals surface area contributed by atoms with Crippen LogP contribution < -0.4 is 20.9 Å². The van der Waals surface area contributed by atoms with Crippen LogP contribution in [0.5, 0.6) is 0 Å². The maximum atomic E-state index is 13.3. The second-order valence-corrected chi connectivity index (χ2v) is 18.8.